The van der Waals surface area contributed by atoms with Gasteiger partial charge in [0.05, 0.1) is 5.60 Å². The van der Waals surface area contributed by atoms with Crippen LogP contribution in [0, 0.1) is 0 Å². The summed E-state index contributed by atoms with van der Waals surface area (Å²) in [6.07, 6.45) is 19.0. The first-order chi connectivity index (χ1) is 12.4. The van der Waals surface area contributed by atoms with Crippen LogP contribution >= 0.6 is 7.82 Å². The Morgan fingerprint density at radius 3 is 1.35 bits per heavy atom. The number of phosphoric acid groups is 1. The monoisotopic (exact) mass is 392 g/mol. The fraction of sp³-hybridized carbons (Fsp3) is 1.00. The first-order valence-electron chi connectivity index (χ1n) is 11.2. The minimum Gasteiger partial charge on any atom is -0.303 e. The molecule has 158 valence electrons. The Morgan fingerprint density at radius 2 is 0.962 bits per heavy atom. The van der Waals surface area contributed by atoms with Crippen molar-refractivity contribution in [2.24, 2.45) is 0 Å². The quantitative estimate of drug-likeness (QED) is 0.176. The maximum Gasteiger partial charge on any atom is 0.470 e. The van der Waals surface area contributed by atoms with Gasteiger partial charge < -0.3 is 9.79 Å². The van der Waals surface area contributed by atoms with Crippen molar-refractivity contribution in [1.29, 1.82) is 0 Å². The van der Waals surface area contributed by atoms with Crippen LogP contribution in [-0.2, 0) is 9.09 Å². The largest absolute Gasteiger partial charge is 0.470 e. The molecule has 0 atom stereocenters. The van der Waals surface area contributed by atoms with Crippen molar-refractivity contribution in [3.63, 3.8) is 0 Å². The molecule has 0 rings (SSSR count). The zero-order valence-electron chi connectivity index (χ0n) is 17.7. The molecular weight excluding hydrogens is 347 g/mol. The highest BCUT2D eigenvalue weighted by atomic mass is 31.2. The number of rotatable bonds is 19. The topological polar surface area (TPSA) is 66.8 Å². The van der Waals surface area contributed by atoms with Crippen molar-refractivity contribution in [2.45, 2.75) is 136 Å². The minimum absolute atomic E-state index is 0.634. The van der Waals surface area contributed by atoms with Crippen LogP contribution in [0.25, 0.3) is 0 Å². The summed E-state index contributed by atoms with van der Waals surface area (Å²) in [4.78, 5) is 18.8. The van der Waals surface area contributed by atoms with Gasteiger partial charge in [-0.15, -0.1) is 0 Å². The van der Waals surface area contributed by atoms with E-state index in [4.69, 9.17) is 4.52 Å². The number of hydrogen-bond acceptors (Lipinski definition) is 2. The molecule has 0 aliphatic heterocycles. The maximum absolute atomic E-state index is 11.5. The third-order valence-corrected chi connectivity index (χ3v) is 5.90. The number of hydrogen-bond donors (Lipinski definition) is 2. The molecule has 4 nitrogen and oxygen atoms in total. The standard InChI is InChI=1S/C21H45O4P/c1-4-7-10-11-12-13-14-15-16-17-20-21(18-8-5-2,19-9-6-3)25-26(22,23)24/h4-20H2,1-3H3,(H2,22,23,24). The molecule has 0 aliphatic carbocycles. The van der Waals surface area contributed by atoms with Gasteiger partial charge in [-0.25, -0.2) is 4.57 Å². The fourth-order valence-corrected chi connectivity index (χ4v) is 4.48. The molecule has 0 aliphatic rings. The molecule has 2 N–H and O–H groups in total. The molecule has 0 unspecified atom stereocenters. The van der Waals surface area contributed by atoms with Crippen LogP contribution in [0.4, 0.5) is 0 Å². The fourth-order valence-electron chi connectivity index (χ4n) is 3.70. The molecule has 0 aromatic heterocycles. The maximum atomic E-state index is 11.5. The minimum atomic E-state index is -4.45. The zero-order chi connectivity index (χ0) is 19.7. The lowest BCUT2D eigenvalue weighted by atomic mass is 9.86. The van der Waals surface area contributed by atoms with Crippen LogP contribution in [0.2, 0.25) is 0 Å². The Labute approximate surface area is 162 Å². The molecule has 26 heavy (non-hydrogen) atoms. The molecule has 0 bridgehead atoms. The summed E-state index contributed by atoms with van der Waals surface area (Å²) in [6, 6.07) is 0. The molecule has 5 heteroatoms. The van der Waals surface area contributed by atoms with Crippen LogP contribution in [0.15, 0.2) is 0 Å². The lowest BCUT2D eigenvalue weighted by Gasteiger charge is -2.34. The molecule has 0 radical (unpaired) electrons. The van der Waals surface area contributed by atoms with E-state index in [1.165, 1.54) is 51.4 Å². The molecule has 0 fully saturated rings. The Bertz CT molecular complexity index is 346. The average molecular weight is 393 g/mol. The SMILES string of the molecule is CCCCCCCCCCCCC(CCCC)(CCCC)OP(=O)(O)O. The van der Waals surface area contributed by atoms with Crippen LogP contribution in [0.5, 0.6) is 0 Å². The first kappa shape index (κ1) is 26.1. The Balaban J connectivity index is 4.24. The van der Waals surface area contributed by atoms with E-state index in [0.717, 1.165) is 57.8 Å². The van der Waals surface area contributed by atoms with E-state index in [2.05, 4.69) is 20.8 Å². The van der Waals surface area contributed by atoms with Crippen LogP contribution in [0.3, 0.4) is 0 Å². The van der Waals surface area contributed by atoms with Crippen molar-refractivity contribution < 1.29 is 18.9 Å². The summed E-state index contributed by atoms with van der Waals surface area (Å²) < 4.78 is 16.9. The smallest absolute Gasteiger partial charge is 0.303 e. The number of phosphoric ester groups is 1. The van der Waals surface area contributed by atoms with E-state index in [1.807, 2.05) is 0 Å². The van der Waals surface area contributed by atoms with E-state index in [-0.39, 0.29) is 0 Å². The lowest BCUT2D eigenvalue weighted by Crippen LogP contribution is -2.32. The van der Waals surface area contributed by atoms with Crippen molar-refractivity contribution in [2.75, 3.05) is 0 Å². The normalized spacial score (nSPS) is 12.7. The predicted octanol–water partition coefficient (Wildman–Crippen LogP) is 7.53. The van der Waals surface area contributed by atoms with Crippen molar-refractivity contribution in [3.05, 3.63) is 0 Å². The molecular formula is C21H45O4P. The van der Waals surface area contributed by atoms with Gasteiger partial charge in [0, 0.05) is 0 Å². The Kier molecular flexibility index (Phi) is 16.2. The second-order valence-corrected chi connectivity index (χ2v) is 9.07. The molecule has 0 aromatic carbocycles. The zero-order valence-corrected chi connectivity index (χ0v) is 18.6. The average Bonchev–Trinajstić information content (AvgIpc) is 2.58. The molecule has 0 spiro atoms. The summed E-state index contributed by atoms with van der Waals surface area (Å²) >= 11 is 0. The Hall–Kier alpha value is 0.110. The van der Waals surface area contributed by atoms with Gasteiger partial charge in [-0.05, 0) is 19.3 Å². The molecule has 0 amide bonds. The van der Waals surface area contributed by atoms with E-state index in [9.17, 15) is 14.4 Å². The van der Waals surface area contributed by atoms with E-state index in [1.54, 1.807) is 0 Å². The van der Waals surface area contributed by atoms with Crippen molar-refractivity contribution in [1.82, 2.24) is 0 Å². The first-order valence-corrected chi connectivity index (χ1v) is 12.7. The van der Waals surface area contributed by atoms with Gasteiger partial charge in [-0.1, -0.05) is 111 Å². The van der Waals surface area contributed by atoms with Gasteiger partial charge in [0.1, 0.15) is 0 Å². The van der Waals surface area contributed by atoms with Gasteiger partial charge in [0.25, 0.3) is 0 Å². The molecule has 0 saturated heterocycles. The third-order valence-electron chi connectivity index (χ3n) is 5.27. The van der Waals surface area contributed by atoms with E-state index >= 15 is 0 Å². The summed E-state index contributed by atoms with van der Waals surface area (Å²) in [5.74, 6) is 0. The van der Waals surface area contributed by atoms with Gasteiger partial charge in [-0.3, -0.25) is 4.52 Å². The summed E-state index contributed by atoms with van der Waals surface area (Å²) in [7, 11) is -4.45. The van der Waals surface area contributed by atoms with Crippen molar-refractivity contribution in [3.8, 4) is 0 Å². The van der Waals surface area contributed by atoms with Crippen molar-refractivity contribution >= 4 is 7.82 Å². The summed E-state index contributed by atoms with van der Waals surface area (Å²) in [5, 5.41) is 0. The van der Waals surface area contributed by atoms with Crippen LogP contribution in [-0.4, -0.2) is 15.4 Å². The van der Waals surface area contributed by atoms with Crippen LogP contribution in [0.1, 0.15) is 130 Å². The van der Waals surface area contributed by atoms with Crippen LogP contribution < -0.4 is 0 Å². The van der Waals surface area contributed by atoms with Gasteiger partial charge in [-0.2, -0.15) is 0 Å². The number of unbranched alkanes of at least 4 members (excludes halogenated alkanes) is 11. The lowest BCUT2D eigenvalue weighted by molar-refractivity contribution is 0.00605. The third kappa shape index (κ3) is 15.2. The summed E-state index contributed by atoms with van der Waals surface area (Å²) in [5.41, 5.74) is -0.634. The molecule has 0 saturated carbocycles. The van der Waals surface area contributed by atoms with Gasteiger partial charge in [0.2, 0.25) is 0 Å². The predicted molar refractivity (Wildman–Crippen MR) is 111 cm³/mol. The second-order valence-electron chi connectivity index (χ2n) is 7.90. The van der Waals surface area contributed by atoms with Gasteiger partial charge >= 0.3 is 7.82 Å². The Morgan fingerprint density at radius 1 is 0.615 bits per heavy atom. The molecule has 0 heterocycles. The van der Waals surface area contributed by atoms with E-state index < -0.39 is 13.4 Å². The highest BCUT2D eigenvalue weighted by Gasteiger charge is 2.36. The summed E-state index contributed by atoms with van der Waals surface area (Å²) in [6.45, 7) is 6.47. The molecule has 0 aromatic rings. The van der Waals surface area contributed by atoms with Gasteiger partial charge in [0.15, 0.2) is 0 Å². The second kappa shape index (κ2) is 16.1. The van der Waals surface area contributed by atoms with E-state index in [0.29, 0.717) is 0 Å². The highest BCUT2D eigenvalue weighted by molar-refractivity contribution is 7.46. The highest BCUT2D eigenvalue weighted by Crippen LogP contribution is 2.47.